The lowest BCUT2D eigenvalue weighted by atomic mass is 10.2. The summed E-state index contributed by atoms with van der Waals surface area (Å²) in [5, 5.41) is 32.6. The molecule has 0 heterocycles. The molecule has 0 amide bonds. The number of hydrogen-bond acceptors (Lipinski definition) is 4. The Morgan fingerprint density at radius 3 is 0.450 bits per heavy atom. The molecule has 4 heteroatoms. The van der Waals surface area contributed by atoms with Gasteiger partial charge in [0, 0.05) is 26.4 Å². The molecule has 0 saturated carbocycles. The van der Waals surface area contributed by atoms with Crippen molar-refractivity contribution < 1.29 is 20.4 Å². The third kappa shape index (κ3) is 82.3. The summed E-state index contributed by atoms with van der Waals surface area (Å²) in [6.07, 6.45) is 0. The average Bonchev–Trinajstić information content (AvgIpc) is 2.40. The van der Waals surface area contributed by atoms with Gasteiger partial charge in [-0.15, -0.1) is 0 Å². The van der Waals surface area contributed by atoms with Gasteiger partial charge in [0.15, 0.2) is 0 Å². The van der Waals surface area contributed by atoms with Gasteiger partial charge in [-0.2, -0.15) is 0 Å². The molecule has 128 valence electrons. The third-order valence-corrected chi connectivity index (χ3v) is 1.46. The zero-order chi connectivity index (χ0) is 17.1. The Bertz CT molecular complexity index is 102. The minimum Gasteiger partial charge on any atom is -0.396 e. The van der Waals surface area contributed by atoms with E-state index in [0.29, 0.717) is 50.1 Å². The molecule has 0 radical (unpaired) electrons. The lowest BCUT2D eigenvalue weighted by Gasteiger charge is -1.90. The fourth-order valence-corrected chi connectivity index (χ4v) is 0. The molecule has 0 aliphatic carbocycles. The maximum atomic E-state index is 8.14. The second kappa shape index (κ2) is 23.9. The van der Waals surface area contributed by atoms with E-state index in [1.807, 2.05) is 55.4 Å². The maximum Gasteiger partial charge on any atom is 0.0453 e. The summed E-state index contributed by atoms with van der Waals surface area (Å²) in [7, 11) is 0. The van der Waals surface area contributed by atoms with Crippen molar-refractivity contribution in [1.82, 2.24) is 0 Å². The maximum absolute atomic E-state index is 8.14. The summed E-state index contributed by atoms with van der Waals surface area (Å²) in [6, 6.07) is 0. The molecule has 0 unspecified atom stereocenters. The Morgan fingerprint density at radius 2 is 0.450 bits per heavy atom. The highest BCUT2D eigenvalue weighted by molar-refractivity contribution is 4.33. The van der Waals surface area contributed by atoms with E-state index in [2.05, 4.69) is 0 Å². The van der Waals surface area contributed by atoms with Gasteiger partial charge in [-0.1, -0.05) is 55.4 Å². The third-order valence-electron chi connectivity index (χ3n) is 1.46. The molecular weight excluding hydrogens is 256 g/mol. The number of aliphatic hydroxyl groups excluding tert-OH is 4. The highest BCUT2D eigenvalue weighted by atomic mass is 16.3. The molecule has 0 aliphatic rings. The number of hydrogen-bond donors (Lipinski definition) is 4. The smallest absolute Gasteiger partial charge is 0.0453 e. The normalized spacial score (nSPS) is 9.60. The quantitative estimate of drug-likeness (QED) is 0.642. The van der Waals surface area contributed by atoms with Gasteiger partial charge in [0.1, 0.15) is 0 Å². The van der Waals surface area contributed by atoms with E-state index in [4.69, 9.17) is 20.4 Å². The topological polar surface area (TPSA) is 80.9 Å². The van der Waals surface area contributed by atoms with Crippen LogP contribution in [0.5, 0.6) is 0 Å². The number of rotatable bonds is 4. The summed E-state index contributed by atoms with van der Waals surface area (Å²) in [5.41, 5.74) is 0. The zero-order valence-corrected chi connectivity index (χ0v) is 14.9. The fourth-order valence-electron chi connectivity index (χ4n) is 0. The van der Waals surface area contributed by atoms with Gasteiger partial charge < -0.3 is 20.4 Å². The van der Waals surface area contributed by atoms with Gasteiger partial charge in [-0.05, 0) is 23.7 Å². The number of aliphatic hydroxyl groups is 4. The molecule has 0 fully saturated rings. The van der Waals surface area contributed by atoms with E-state index < -0.39 is 0 Å². The molecule has 0 saturated heterocycles. The monoisotopic (exact) mass is 296 g/mol. The Balaban J connectivity index is -0.0000000853. The van der Waals surface area contributed by atoms with Crippen LogP contribution in [0.1, 0.15) is 55.4 Å². The van der Waals surface area contributed by atoms with Gasteiger partial charge in [0.05, 0.1) is 0 Å². The largest absolute Gasteiger partial charge is 0.396 e. The van der Waals surface area contributed by atoms with E-state index in [0.717, 1.165) is 0 Å². The van der Waals surface area contributed by atoms with Crippen molar-refractivity contribution in [3.8, 4) is 0 Å². The summed E-state index contributed by atoms with van der Waals surface area (Å²) >= 11 is 0. The first-order chi connectivity index (χ1) is 9.08. The van der Waals surface area contributed by atoms with Crippen molar-refractivity contribution in [2.45, 2.75) is 55.4 Å². The van der Waals surface area contributed by atoms with E-state index in [1.54, 1.807) is 0 Å². The highest BCUT2D eigenvalue weighted by Crippen LogP contribution is 1.84. The predicted molar refractivity (Wildman–Crippen MR) is 87.7 cm³/mol. The van der Waals surface area contributed by atoms with Crippen LogP contribution in [0.3, 0.4) is 0 Å². The van der Waals surface area contributed by atoms with Crippen LogP contribution in [-0.2, 0) is 0 Å². The van der Waals surface area contributed by atoms with Crippen LogP contribution in [0.15, 0.2) is 0 Å². The van der Waals surface area contributed by atoms with Crippen LogP contribution in [0.25, 0.3) is 0 Å². The zero-order valence-electron chi connectivity index (χ0n) is 14.9. The van der Waals surface area contributed by atoms with Gasteiger partial charge in [-0.3, -0.25) is 0 Å². The minimum absolute atomic E-state index is 0.306. The SMILES string of the molecule is CC(C)CO.CC(C)CO.CC(C)CO.CC(C)CO. The van der Waals surface area contributed by atoms with Gasteiger partial charge >= 0.3 is 0 Å². The van der Waals surface area contributed by atoms with Crippen LogP contribution < -0.4 is 0 Å². The molecule has 0 aromatic carbocycles. The molecule has 4 N–H and O–H groups in total. The summed E-state index contributed by atoms with van der Waals surface area (Å²) in [4.78, 5) is 0. The average molecular weight is 296 g/mol. The first-order valence-corrected chi connectivity index (χ1v) is 7.52. The van der Waals surface area contributed by atoms with E-state index >= 15 is 0 Å². The van der Waals surface area contributed by atoms with E-state index in [-0.39, 0.29) is 0 Å². The van der Waals surface area contributed by atoms with Crippen LogP contribution in [-0.4, -0.2) is 46.9 Å². The van der Waals surface area contributed by atoms with Crippen molar-refractivity contribution in [1.29, 1.82) is 0 Å². The molecule has 0 rings (SSSR count). The minimum atomic E-state index is 0.306. The summed E-state index contributed by atoms with van der Waals surface area (Å²) in [6.45, 7) is 17.0. The van der Waals surface area contributed by atoms with Gasteiger partial charge in [0.25, 0.3) is 0 Å². The highest BCUT2D eigenvalue weighted by Gasteiger charge is 1.82. The molecule has 0 aromatic rings. The van der Waals surface area contributed by atoms with E-state index in [1.165, 1.54) is 0 Å². The van der Waals surface area contributed by atoms with Crippen LogP contribution in [0.2, 0.25) is 0 Å². The molecule has 0 aromatic heterocycles. The first kappa shape index (κ1) is 28.1. The first-order valence-electron chi connectivity index (χ1n) is 7.52. The van der Waals surface area contributed by atoms with Gasteiger partial charge in [0.2, 0.25) is 0 Å². The van der Waals surface area contributed by atoms with Crippen LogP contribution >= 0.6 is 0 Å². The molecule has 0 spiro atoms. The van der Waals surface area contributed by atoms with Crippen LogP contribution in [0.4, 0.5) is 0 Å². The fraction of sp³-hybridized carbons (Fsp3) is 1.00. The summed E-state index contributed by atoms with van der Waals surface area (Å²) in [5.74, 6) is 1.76. The van der Waals surface area contributed by atoms with Crippen molar-refractivity contribution >= 4 is 0 Å². The lowest BCUT2D eigenvalue weighted by molar-refractivity contribution is 0.248. The Morgan fingerprint density at radius 1 is 0.400 bits per heavy atom. The van der Waals surface area contributed by atoms with Crippen molar-refractivity contribution in [3.05, 3.63) is 0 Å². The lowest BCUT2D eigenvalue weighted by Crippen LogP contribution is -1.90. The van der Waals surface area contributed by atoms with Crippen molar-refractivity contribution in [2.75, 3.05) is 26.4 Å². The standard InChI is InChI=1S/4C4H10O/c4*1-4(2)3-5/h4*4-5H,3H2,1-2H3. The van der Waals surface area contributed by atoms with Crippen LogP contribution in [0, 0.1) is 23.7 Å². The summed E-state index contributed by atoms with van der Waals surface area (Å²) < 4.78 is 0. The predicted octanol–water partition coefficient (Wildman–Crippen LogP) is 2.54. The van der Waals surface area contributed by atoms with Crippen molar-refractivity contribution in [3.63, 3.8) is 0 Å². The van der Waals surface area contributed by atoms with Gasteiger partial charge in [-0.25, -0.2) is 0 Å². The molecule has 0 aliphatic heterocycles. The van der Waals surface area contributed by atoms with Crippen molar-refractivity contribution in [2.24, 2.45) is 23.7 Å². The molecule has 0 atom stereocenters. The Kier molecular flexibility index (Phi) is 33.5. The van der Waals surface area contributed by atoms with E-state index in [9.17, 15) is 0 Å². The molecule has 4 nitrogen and oxygen atoms in total. The molecular formula is C16H40O4. The Labute approximate surface area is 126 Å². The second-order valence-electron chi connectivity index (χ2n) is 6.31. The second-order valence-corrected chi connectivity index (χ2v) is 6.31. The molecule has 20 heavy (non-hydrogen) atoms. The Hall–Kier alpha value is -0.160. The molecule has 0 bridgehead atoms.